The fourth-order valence-corrected chi connectivity index (χ4v) is 2.11. The van der Waals surface area contributed by atoms with Gasteiger partial charge in [-0.15, -0.1) is 0 Å². The fraction of sp³-hybridized carbons (Fsp3) is 0.500. The average Bonchev–Trinajstić information content (AvgIpc) is 2.42. The lowest BCUT2D eigenvalue weighted by atomic mass is 9.90. The first-order valence-electron chi connectivity index (χ1n) is 6.58. The van der Waals surface area contributed by atoms with Gasteiger partial charge in [-0.05, 0) is 19.1 Å². The molecule has 114 valence electrons. The van der Waals surface area contributed by atoms with E-state index in [2.05, 4.69) is 0 Å². The van der Waals surface area contributed by atoms with E-state index in [1.165, 1.54) is 12.1 Å². The third-order valence-electron chi connectivity index (χ3n) is 3.29. The molecule has 2 atom stereocenters. The molecule has 2 rings (SSSR count). The lowest BCUT2D eigenvalue weighted by Gasteiger charge is -2.34. The number of nitro benzene ring substituents is 1. The minimum Gasteiger partial charge on any atom is -0.487 e. The van der Waals surface area contributed by atoms with Crippen molar-refractivity contribution in [2.45, 2.75) is 25.6 Å². The Labute approximate surface area is 122 Å². The van der Waals surface area contributed by atoms with Gasteiger partial charge in [-0.2, -0.15) is 0 Å². The van der Waals surface area contributed by atoms with Gasteiger partial charge in [0.15, 0.2) is 11.9 Å². The van der Waals surface area contributed by atoms with Gasteiger partial charge in [-0.1, -0.05) is 0 Å². The van der Waals surface area contributed by atoms with Crippen molar-refractivity contribution >= 4 is 11.5 Å². The number of ether oxygens (including phenoxy) is 3. The Morgan fingerprint density at radius 2 is 2.14 bits per heavy atom. The van der Waals surface area contributed by atoms with E-state index in [0.717, 1.165) is 0 Å². The van der Waals surface area contributed by atoms with E-state index in [1.807, 2.05) is 0 Å². The molecule has 0 radical (unpaired) electrons. The molecule has 0 saturated heterocycles. The number of aryl methyl sites for hydroxylation is 1. The van der Waals surface area contributed by atoms with E-state index < -0.39 is 11.0 Å². The molecule has 0 amide bonds. The van der Waals surface area contributed by atoms with Crippen molar-refractivity contribution in [3.8, 4) is 5.75 Å². The molecule has 0 aromatic heterocycles. The maximum Gasteiger partial charge on any atom is 0.272 e. The van der Waals surface area contributed by atoms with Crippen molar-refractivity contribution < 1.29 is 23.9 Å². The number of hydrogen-bond acceptors (Lipinski definition) is 6. The number of carbonyl (C=O) groups is 1. The highest BCUT2D eigenvalue weighted by Crippen LogP contribution is 2.28. The number of ketones is 1. The fourth-order valence-electron chi connectivity index (χ4n) is 2.11. The van der Waals surface area contributed by atoms with Gasteiger partial charge in [0.1, 0.15) is 11.9 Å². The summed E-state index contributed by atoms with van der Waals surface area (Å²) in [5.74, 6) is 0.491. The van der Waals surface area contributed by atoms with Crippen molar-refractivity contribution in [1.29, 1.82) is 0 Å². The zero-order valence-corrected chi connectivity index (χ0v) is 11.9. The molecule has 1 aromatic carbocycles. The highest BCUT2D eigenvalue weighted by Gasteiger charge is 2.42. The second kappa shape index (κ2) is 6.64. The molecular formula is C14H17NO6. The van der Waals surface area contributed by atoms with Gasteiger partial charge in [0.25, 0.3) is 5.69 Å². The molecule has 1 aromatic rings. The molecule has 0 spiro atoms. The Morgan fingerprint density at radius 3 is 2.71 bits per heavy atom. The lowest BCUT2D eigenvalue weighted by Crippen LogP contribution is -2.52. The molecule has 7 nitrogen and oxygen atoms in total. The molecule has 1 aliphatic carbocycles. The normalized spacial score (nSPS) is 21.0. The third kappa shape index (κ3) is 3.56. The first kappa shape index (κ1) is 15.4. The van der Waals surface area contributed by atoms with Gasteiger partial charge in [0.2, 0.25) is 0 Å². The Morgan fingerprint density at radius 1 is 1.38 bits per heavy atom. The van der Waals surface area contributed by atoms with Crippen molar-refractivity contribution in [2.24, 2.45) is 0 Å². The van der Waals surface area contributed by atoms with Crippen molar-refractivity contribution in [3.63, 3.8) is 0 Å². The largest absolute Gasteiger partial charge is 0.487 e. The molecule has 2 unspecified atom stereocenters. The van der Waals surface area contributed by atoms with Crippen LogP contribution in [-0.4, -0.2) is 43.2 Å². The number of nitro groups is 1. The minimum absolute atomic E-state index is 0.00487. The second-order valence-corrected chi connectivity index (χ2v) is 4.82. The first-order valence-corrected chi connectivity index (χ1v) is 6.58. The van der Waals surface area contributed by atoms with Crippen LogP contribution in [0.5, 0.6) is 5.75 Å². The van der Waals surface area contributed by atoms with Crippen LogP contribution >= 0.6 is 0 Å². The van der Waals surface area contributed by atoms with Crippen LogP contribution in [0.4, 0.5) is 5.69 Å². The van der Waals surface area contributed by atoms with Crippen LogP contribution in [0.2, 0.25) is 0 Å². The number of rotatable bonds is 7. The number of carbonyl (C=O) groups excluding carboxylic acids is 1. The standard InChI is InChI=1S/C14H17NO6/c1-9-7-10(3-4-11(9)15(17)18)21-13-8-12(16)14(13)20-6-5-19-2/h3-4,7,13-14H,5-6,8H2,1-2H3. The van der Waals surface area contributed by atoms with Gasteiger partial charge >= 0.3 is 0 Å². The Balaban J connectivity index is 1.96. The first-order chi connectivity index (χ1) is 10.0. The molecule has 0 heterocycles. The summed E-state index contributed by atoms with van der Waals surface area (Å²) in [5.41, 5.74) is 0.555. The molecule has 21 heavy (non-hydrogen) atoms. The molecular weight excluding hydrogens is 278 g/mol. The zero-order valence-electron chi connectivity index (χ0n) is 11.9. The second-order valence-electron chi connectivity index (χ2n) is 4.82. The highest BCUT2D eigenvalue weighted by atomic mass is 16.6. The predicted molar refractivity (Wildman–Crippen MR) is 73.5 cm³/mol. The van der Waals surface area contributed by atoms with Gasteiger partial charge in [0, 0.05) is 25.2 Å². The van der Waals surface area contributed by atoms with E-state index in [4.69, 9.17) is 14.2 Å². The SMILES string of the molecule is COCCOC1C(=O)CC1Oc1ccc([N+](=O)[O-])c(C)c1. The minimum atomic E-state index is -0.587. The number of hydrogen-bond donors (Lipinski definition) is 0. The number of nitrogens with zero attached hydrogens (tertiary/aromatic N) is 1. The van der Waals surface area contributed by atoms with Crippen LogP contribution in [0.15, 0.2) is 18.2 Å². The Hall–Kier alpha value is -1.99. The molecule has 1 saturated carbocycles. The number of benzene rings is 1. The van der Waals surface area contributed by atoms with Crippen LogP contribution in [0.3, 0.4) is 0 Å². The molecule has 1 fully saturated rings. The molecule has 1 aliphatic rings. The molecule has 7 heteroatoms. The predicted octanol–water partition coefficient (Wildman–Crippen LogP) is 1.66. The van der Waals surface area contributed by atoms with E-state index in [0.29, 0.717) is 24.5 Å². The maximum atomic E-state index is 11.5. The Kier molecular flexibility index (Phi) is 4.87. The molecule has 0 N–H and O–H groups in total. The summed E-state index contributed by atoms with van der Waals surface area (Å²) >= 11 is 0. The van der Waals surface area contributed by atoms with E-state index in [1.54, 1.807) is 20.1 Å². The van der Waals surface area contributed by atoms with Gasteiger partial charge < -0.3 is 14.2 Å². The highest BCUT2D eigenvalue weighted by molar-refractivity contribution is 5.90. The summed E-state index contributed by atoms with van der Waals surface area (Å²) in [4.78, 5) is 21.8. The zero-order chi connectivity index (χ0) is 15.4. The quantitative estimate of drug-likeness (QED) is 0.432. The van der Waals surface area contributed by atoms with Gasteiger partial charge in [0.05, 0.1) is 18.1 Å². The summed E-state index contributed by atoms with van der Waals surface area (Å²) in [7, 11) is 1.56. The summed E-state index contributed by atoms with van der Waals surface area (Å²) in [5, 5.41) is 10.8. The Bertz CT molecular complexity index is 544. The van der Waals surface area contributed by atoms with Crippen molar-refractivity contribution in [2.75, 3.05) is 20.3 Å². The van der Waals surface area contributed by atoms with E-state index >= 15 is 0 Å². The van der Waals surface area contributed by atoms with Crippen LogP contribution in [-0.2, 0) is 14.3 Å². The van der Waals surface area contributed by atoms with E-state index in [-0.39, 0.29) is 24.0 Å². The number of methoxy groups -OCH3 is 1. The lowest BCUT2D eigenvalue weighted by molar-refractivity contribution is -0.385. The third-order valence-corrected chi connectivity index (χ3v) is 3.29. The summed E-state index contributed by atoms with van der Waals surface area (Å²) in [6.45, 7) is 2.38. The van der Waals surface area contributed by atoms with Crippen LogP contribution in [0, 0.1) is 17.0 Å². The molecule has 0 aliphatic heterocycles. The van der Waals surface area contributed by atoms with E-state index in [9.17, 15) is 14.9 Å². The van der Waals surface area contributed by atoms with Crippen LogP contribution in [0.25, 0.3) is 0 Å². The van der Waals surface area contributed by atoms with Gasteiger partial charge in [-0.3, -0.25) is 14.9 Å². The van der Waals surface area contributed by atoms with Crippen molar-refractivity contribution in [1.82, 2.24) is 0 Å². The monoisotopic (exact) mass is 295 g/mol. The maximum absolute atomic E-state index is 11.5. The summed E-state index contributed by atoms with van der Waals surface area (Å²) in [6.07, 6.45) is -0.654. The summed E-state index contributed by atoms with van der Waals surface area (Å²) in [6, 6.07) is 4.51. The van der Waals surface area contributed by atoms with Crippen molar-refractivity contribution in [3.05, 3.63) is 33.9 Å². The number of Topliss-reactive ketones (excluding diaryl/α,β-unsaturated/α-hetero) is 1. The summed E-state index contributed by atoms with van der Waals surface area (Å²) < 4.78 is 15.9. The average molecular weight is 295 g/mol. The van der Waals surface area contributed by atoms with Gasteiger partial charge in [-0.25, -0.2) is 0 Å². The van der Waals surface area contributed by atoms with Crippen LogP contribution in [0.1, 0.15) is 12.0 Å². The smallest absolute Gasteiger partial charge is 0.272 e. The van der Waals surface area contributed by atoms with Crippen LogP contribution < -0.4 is 4.74 Å². The molecule has 0 bridgehead atoms. The topological polar surface area (TPSA) is 87.9 Å².